The molecule has 2 aromatic rings. The van der Waals surface area contributed by atoms with Crippen molar-refractivity contribution < 1.29 is 14.4 Å². The van der Waals surface area contributed by atoms with E-state index in [9.17, 15) is 14.4 Å². The number of benzene rings is 1. The lowest BCUT2D eigenvalue weighted by molar-refractivity contribution is -0.129. The summed E-state index contributed by atoms with van der Waals surface area (Å²) in [5.74, 6) is -0.861. The van der Waals surface area contributed by atoms with Crippen molar-refractivity contribution in [2.24, 2.45) is 0 Å². The molecule has 2 heterocycles. The lowest BCUT2D eigenvalue weighted by atomic mass is 10.2. The predicted octanol–water partition coefficient (Wildman–Crippen LogP) is 2.78. The maximum Gasteiger partial charge on any atom is 0.294 e. The molecule has 0 aliphatic carbocycles. The fourth-order valence-electron chi connectivity index (χ4n) is 2.48. The topological polar surface area (TPSA) is 84.3 Å². The van der Waals surface area contributed by atoms with Gasteiger partial charge in [-0.2, -0.15) is 0 Å². The van der Waals surface area contributed by atoms with Gasteiger partial charge in [-0.15, -0.1) is 0 Å². The van der Waals surface area contributed by atoms with Crippen molar-refractivity contribution in [2.75, 3.05) is 13.1 Å². The summed E-state index contributed by atoms with van der Waals surface area (Å²) in [6.45, 7) is 0.876. The summed E-state index contributed by atoms with van der Waals surface area (Å²) in [6, 6.07) is 7.03. The second kappa shape index (κ2) is 8.88. The normalized spacial score (nSPS) is 15.6. The van der Waals surface area contributed by atoms with E-state index in [1.807, 2.05) is 10.8 Å². The van der Waals surface area contributed by atoms with Gasteiger partial charge in [0, 0.05) is 30.5 Å². The quantitative estimate of drug-likeness (QED) is 0.566. The first-order chi connectivity index (χ1) is 13.0. The van der Waals surface area contributed by atoms with Crippen LogP contribution < -0.4 is 5.32 Å². The minimum absolute atomic E-state index is 0.251. The third kappa shape index (κ3) is 4.99. The molecule has 1 aromatic heterocycles. The zero-order valence-electron chi connectivity index (χ0n) is 14.3. The minimum Gasteiger partial charge on any atom is -0.354 e. The number of rotatable bonds is 7. The lowest BCUT2D eigenvalue weighted by Gasteiger charge is -2.12. The average Bonchev–Trinajstić information content (AvgIpc) is 3.25. The Morgan fingerprint density at radius 3 is 2.85 bits per heavy atom. The fraction of sp³-hybridized carbons (Fsp3) is 0.222. The van der Waals surface area contributed by atoms with E-state index in [0.29, 0.717) is 17.1 Å². The third-order valence-electron chi connectivity index (χ3n) is 3.84. The summed E-state index contributed by atoms with van der Waals surface area (Å²) in [6.07, 6.45) is 7.52. The Bertz CT molecular complexity index is 882. The van der Waals surface area contributed by atoms with Crippen LogP contribution in [0.2, 0.25) is 5.02 Å². The predicted molar refractivity (Wildman–Crippen MR) is 104 cm³/mol. The molecule has 0 bridgehead atoms. The zero-order valence-corrected chi connectivity index (χ0v) is 15.9. The summed E-state index contributed by atoms with van der Waals surface area (Å²) in [5.41, 5.74) is 0.647. The Kier molecular flexibility index (Phi) is 6.31. The molecule has 27 heavy (non-hydrogen) atoms. The van der Waals surface area contributed by atoms with Crippen LogP contribution in [0.5, 0.6) is 0 Å². The molecule has 1 fully saturated rings. The Balaban J connectivity index is 1.52. The highest BCUT2D eigenvalue weighted by Gasteiger charge is 2.36. The van der Waals surface area contributed by atoms with Gasteiger partial charge in [-0.25, -0.2) is 4.98 Å². The molecule has 140 valence electrons. The van der Waals surface area contributed by atoms with E-state index in [1.165, 1.54) is 0 Å². The largest absolute Gasteiger partial charge is 0.354 e. The summed E-state index contributed by atoms with van der Waals surface area (Å²) in [4.78, 5) is 41.7. The molecular weight excluding hydrogens is 388 g/mol. The van der Waals surface area contributed by atoms with Gasteiger partial charge in [-0.05, 0) is 35.9 Å². The van der Waals surface area contributed by atoms with Crippen LogP contribution in [0.3, 0.4) is 0 Å². The van der Waals surface area contributed by atoms with Gasteiger partial charge in [0.2, 0.25) is 5.91 Å². The smallest absolute Gasteiger partial charge is 0.294 e. The van der Waals surface area contributed by atoms with Crippen LogP contribution in [0.25, 0.3) is 6.08 Å². The third-order valence-corrected chi connectivity index (χ3v) is 5.09. The first kappa shape index (κ1) is 19.2. The number of thioether (sulfide) groups is 1. The molecule has 0 saturated carbocycles. The molecule has 3 amide bonds. The number of hydrogen-bond acceptors (Lipinski definition) is 5. The van der Waals surface area contributed by atoms with E-state index >= 15 is 0 Å². The van der Waals surface area contributed by atoms with Crippen LogP contribution in [0.15, 0.2) is 47.9 Å². The van der Waals surface area contributed by atoms with E-state index in [0.717, 1.165) is 29.6 Å². The van der Waals surface area contributed by atoms with E-state index in [4.69, 9.17) is 11.6 Å². The van der Waals surface area contributed by atoms with E-state index in [2.05, 4.69) is 10.3 Å². The van der Waals surface area contributed by atoms with E-state index < -0.39 is 11.1 Å². The number of hydrogen-bond donors (Lipinski definition) is 1. The molecule has 1 aliphatic rings. The van der Waals surface area contributed by atoms with Crippen molar-refractivity contribution in [3.63, 3.8) is 0 Å². The van der Waals surface area contributed by atoms with E-state index in [-0.39, 0.29) is 17.4 Å². The van der Waals surface area contributed by atoms with Crippen LogP contribution >= 0.6 is 23.4 Å². The van der Waals surface area contributed by atoms with Crippen LogP contribution in [-0.2, 0) is 16.1 Å². The second-order valence-electron chi connectivity index (χ2n) is 5.79. The molecule has 1 saturated heterocycles. The van der Waals surface area contributed by atoms with Gasteiger partial charge in [0.1, 0.15) is 6.54 Å². The lowest BCUT2D eigenvalue weighted by Crippen LogP contribution is -2.39. The molecule has 1 N–H and O–H groups in total. The van der Waals surface area contributed by atoms with Crippen LogP contribution in [-0.4, -0.2) is 44.6 Å². The van der Waals surface area contributed by atoms with Gasteiger partial charge >= 0.3 is 0 Å². The van der Waals surface area contributed by atoms with Gasteiger partial charge in [0.15, 0.2) is 0 Å². The molecule has 0 radical (unpaired) electrons. The molecule has 0 atom stereocenters. The number of nitrogens with zero attached hydrogens (tertiary/aromatic N) is 3. The van der Waals surface area contributed by atoms with Crippen LogP contribution in [0, 0.1) is 0 Å². The van der Waals surface area contributed by atoms with Gasteiger partial charge < -0.3 is 9.88 Å². The standard InChI is InChI=1S/C18H17ClN4O3S/c19-14-5-2-1-4-13(14)10-15-17(25)23(18(26)27-15)11-16(24)21-6-3-8-22-9-7-20-12-22/h1-2,4-5,7,9-10,12H,3,6,8,11H2,(H,21,24)/b15-10-. The Morgan fingerprint density at radius 2 is 2.11 bits per heavy atom. The van der Waals surface area contributed by atoms with Crippen molar-refractivity contribution in [1.29, 1.82) is 0 Å². The number of aryl methyl sites for hydroxylation is 1. The highest BCUT2D eigenvalue weighted by Crippen LogP contribution is 2.33. The molecule has 1 aromatic carbocycles. The average molecular weight is 405 g/mol. The van der Waals surface area contributed by atoms with Crippen molar-refractivity contribution in [3.05, 3.63) is 58.5 Å². The van der Waals surface area contributed by atoms with E-state index in [1.54, 1.807) is 42.9 Å². The fourth-order valence-corrected chi connectivity index (χ4v) is 3.50. The highest BCUT2D eigenvalue weighted by atomic mass is 35.5. The van der Waals surface area contributed by atoms with Gasteiger partial charge in [-0.3, -0.25) is 19.3 Å². The number of amides is 3. The Labute approximate surface area is 165 Å². The van der Waals surface area contributed by atoms with Crippen molar-refractivity contribution in [1.82, 2.24) is 19.8 Å². The van der Waals surface area contributed by atoms with Gasteiger partial charge in [-0.1, -0.05) is 29.8 Å². The van der Waals surface area contributed by atoms with Gasteiger partial charge in [0.25, 0.3) is 11.1 Å². The number of nitrogens with one attached hydrogen (secondary N) is 1. The zero-order chi connectivity index (χ0) is 19.2. The SMILES string of the molecule is O=C(CN1C(=O)S/C(=C\c2ccccc2Cl)C1=O)NCCCn1ccnc1. The molecule has 0 spiro atoms. The number of carbonyl (C=O) groups is 3. The summed E-state index contributed by atoms with van der Waals surface area (Å²) in [5, 5.41) is 2.74. The van der Waals surface area contributed by atoms with Gasteiger partial charge in [0.05, 0.1) is 11.2 Å². The summed E-state index contributed by atoms with van der Waals surface area (Å²) in [7, 11) is 0. The number of carbonyl (C=O) groups excluding carboxylic acids is 3. The number of imide groups is 1. The molecule has 9 heteroatoms. The summed E-state index contributed by atoms with van der Waals surface area (Å²) < 4.78 is 1.90. The number of imidazole rings is 1. The Morgan fingerprint density at radius 1 is 1.30 bits per heavy atom. The minimum atomic E-state index is -0.488. The monoisotopic (exact) mass is 404 g/mol. The molecular formula is C18H17ClN4O3S. The molecule has 1 aliphatic heterocycles. The molecule has 3 rings (SSSR count). The van der Waals surface area contributed by atoms with Crippen molar-refractivity contribution in [2.45, 2.75) is 13.0 Å². The number of aromatic nitrogens is 2. The van der Waals surface area contributed by atoms with Crippen LogP contribution in [0.4, 0.5) is 4.79 Å². The first-order valence-electron chi connectivity index (χ1n) is 8.27. The maximum absolute atomic E-state index is 12.4. The highest BCUT2D eigenvalue weighted by molar-refractivity contribution is 8.18. The van der Waals surface area contributed by atoms with Crippen molar-refractivity contribution in [3.8, 4) is 0 Å². The summed E-state index contributed by atoms with van der Waals surface area (Å²) >= 11 is 6.89. The number of halogens is 1. The second-order valence-corrected chi connectivity index (χ2v) is 7.19. The van der Waals surface area contributed by atoms with Crippen molar-refractivity contribution >= 4 is 46.5 Å². The molecule has 0 unspecified atom stereocenters. The Hall–Kier alpha value is -2.58. The molecule has 7 nitrogen and oxygen atoms in total. The van der Waals surface area contributed by atoms with Crippen LogP contribution in [0.1, 0.15) is 12.0 Å². The maximum atomic E-state index is 12.4. The first-order valence-corrected chi connectivity index (χ1v) is 9.46.